The molecule has 0 aromatic carbocycles. The summed E-state index contributed by atoms with van der Waals surface area (Å²) >= 11 is 3.37. The van der Waals surface area contributed by atoms with E-state index in [2.05, 4.69) is 31.2 Å². The summed E-state index contributed by atoms with van der Waals surface area (Å²) < 4.78 is 0.750. The fourth-order valence-corrected chi connectivity index (χ4v) is 1.59. The first-order valence-corrected chi connectivity index (χ1v) is 6.52. The van der Waals surface area contributed by atoms with Crippen molar-refractivity contribution in [1.29, 1.82) is 0 Å². The Morgan fingerprint density at radius 2 is 1.88 bits per heavy atom. The average Bonchev–Trinajstić information content (AvgIpc) is 2.15. The van der Waals surface area contributed by atoms with Gasteiger partial charge in [-0.3, -0.25) is 0 Å². The zero-order chi connectivity index (χ0) is 13.2. The van der Waals surface area contributed by atoms with E-state index in [-0.39, 0.29) is 5.92 Å². The fourth-order valence-electron chi connectivity index (χ4n) is 1.19. The Balaban J connectivity index is 2.99. The predicted molar refractivity (Wildman–Crippen MR) is 73.2 cm³/mol. The Morgan fingerprint density at radius 1 is 1.29 bits per heavy atom. The maximum Gasteiger partial charge on any atom is 0.134 e. The van der Waals surface area contributed by atoms with E-state index in [0.717, 1.165) is 16.2 Å². The summed E-state index contributed by atoms with van der Waals surface area (Å²) in [7, 11) is 0. The minimum Gasteiger partial charge on any atom is -0.391 e. The van der Waals surface area contributed by atoms with E-state index in [9.17, 15) is 5.11 Å². The summed E-state index contributed by atoms with van der Waals surface area (Å²) in [6, 6.07) is 1.82. The van der Waals surface area contributed by atoms with Gasteiger partial charge in [0.1, 0.15) is 16.2 Å². The minimum atomic E-state index is -0.473. The minimum absolute atomic E-state index is 0.266. The number of aliphatic hydroxyl groups is 1. The number of aliphatic hydroxyl groups excluding tert-OH is 1. The van der Waals surface area contributed by atoms with E-state index >= 15 is 0 Å². The highest BCUT2D eigenvalue weighted by Crippen LogP contribution is 2.21. The first-order valence-electron chi connectivity index (χ1n) is 5.73. The molecule has 0 aliphatic carbocycles. The largest absolute Gasteiger partial charge is 0.391 e. The Morgan fingerprint density at radius 3 is 2.35 bits per heavy atom. The van der Waals surface area contributed by atoms with Gasteiger partial charge in [0.2, 0.25) is 0 Å². The van der Waals surface area contributed by atoms with Gasteiger partial charge in [-0.2, -0.15) is 0 Å². The highest BCUT2D eigenvalue weighted by atomic mass is 79.9. The van der Waals surface area contributed by atoms with Crippen LogP contribution in [-0.2, 0) is 0 Å². The molecular weight excluding hydrogens is 282 g/mol. The second-order valence-electron chi connectivity index (χ2n) is 5.11. The Bertz CT molecular complexity index is 391. The number of nitrogens with zero attached hydrogens (tertiary/aromatic N) is 2. The normalized spacial score (nSPS) is 13.9. The molecule has 1 rings (SSSR count). The number of halogens is 1. The van der Waals surface area contributed by atoms with Crippen LogP contribution in [0.5, 0.6) is 0 Å². The van der Waals surface area contributed by atoms with Gasteiger partial charge >= 0.3 is 0 Å². The Kier molecular flexibility index (Phi) is 4.49. The molecule has 2 N–H and O–H groups in total. The molecule has 4 nitrogen and oxygen atoms in total. The maximum atomic E-state index is 9.67. The summed E-state index contributed by atoms with van der Waals surface area (Å²) in [6.07, 6.45) is -0.473. The quantitative estimate of drug-likeness (QED) is 0.840. The van der Waals surface area contributed by atoms with Crippen molar-refractivity contribution in [1.82, 2.24) is 9.97 Å². The van der Waals surface area contributed by atoms with Crippen LogP contribution in [0, 0.1) is 0 Å². The molecule has 0 bridgehead atoms. The third-order valence-corrected chi connectivity index (χ3v) is 3.13. The summed E-state index contributed by atoms with van der Waals surface area (Å²) in [4.78, 5) is 8.75. The summed E-state index contributed by atoms with van der Waals surface area (Å²) in [5.41, 5.74) is -0.429. The zero-order valence-electron chi connectivity index (χ0n) is 11.0. The highest BCUT2D eigenvalue weighted by molar-refractivity contribution is 9.10. The van der Waals surface area contributed by atoms with Crippen molar-refractivity contribution in [2.24, 2.45) is 0 Å². The van der Waals surface area contributed by atoms with Crippen molar-refractivity contribution in [3.05, 3.63) is 16.5 Å². The smallest absolute Gasteiger partial charge is 0.134 e. The van der Waals surface area contributed by atoms with Crippen LogP contribution >= 0.6 is 15.9 Å². The Labute approximate surface area is 111 Å². The number of anilines is 1. The first kappa shape index (κ1) is 14.4. The number of hydrogen-bond donors (Lipinski definition) is 2. The van der Waals surface area contributed by atoms with Crippen molar-refractivity contribution in [3.63, 3.8) is 0 Å². The van der Waals surface area contributed by atoms with E-state index < -0.39 is 11.6 Å². The van der Waals surface area contributed by atoms with Crippen LogP contribution in [0.3, 0.4) is 0 Å². The van der Waals surface area contributed by atoms with Gasteiger partial charge in [0, 0.05) is 12.0 Å². The molecule has 0 amide bonds. The van der Waals surface area contributed by atoms with Gasteiger partial charge in [-0.05, 0) is 36.7 Å². The lowest BCUT2D eigenvalue weighted by Gasteiger charge is -2.30. The van der Waals surface area contributed by atoms with E-state index in [0.29, 0.717) is 0 Å². The van der Waals surface area contributed by atoms with Crippen LogP contribution < -0.4 is 5.32 Å². The molecule has 0 radical (unpaired) electrons. The highest BCUT2D eigenvalue weighted by Gasteiger charge is 2.24. The molecule has 0 aliphatic rings. The summed E-state index contributed by atoms with van der Waals surface area (Å²) in [6.45, 7) is 9.72. The predicted octanol–water partition coefficient (Wildman–Crippen LogP) is 2.93. The van der Waals surface area contributed by atoms with Crippen LogP contribution in [0.1, 0.15) is 46.4 Å². The third kappa shape index (κ3) is 3.92. The van der Waals surface area contributed by atoms with E-state index in [1.54, 1.807) is 6.92 Å². The van der Waals surface area contributed by atoms with Gasteiger partial charge in [-0.1, -0.05) is 13.8 Å². The van der Waals surface area contributed by atoms with Crippen molar-refractivity contribution >= 4 is 21.7 Å². The van der Waals surface area contributed by atoms with Gasteiger partial charge in [-0.15, -0.1) is 0 Å². The number of rotatable bonds is 4. The van der Waals surface area contributed by atoms with Crippen LogP contribution in [0.25, 0.3) is 0 Å². The molecule has 17 heavy (non-hydrogen) atoms. The second kappa shape index (κ2) is 5.31. The molecule has 1 aromatic heterocycles. The molecule has 0 saturated carbocycles. The molecule has 0 spiro atoms. The topological polar surface area (TPSA) is 58.0 Å². The van der Waals surface area contributed by atoms with Gasteiger partial charge in [0.25, 0.3) is 0 Å². The van der Waals surface area contributed by atoms with Crippen molar-refractivity contribution < 1.29 is 5.11 Å². The second-order valence-corrected chi connectivity index (χ2v) is 5.92. The molecule has 1 atom stereocenters. The van der Waals surface area contributed by atoms with Crippen molar-refractivity contribution in [2.45, 2.75) is 52.2 Å². The lowest BCUT2D eigenvalue weighted by Crippen LogP contribution is -2.42. The Hall–Kier alpha value is -0.680. The average molecular weight is 302 g/mol. The maximum absolute atomic E-state index is 9.67. The van der Waals surface area contributed by atoms with Crippen LogP contribution in [0.15, 0.2) is 10.7 Å². The van der Waals surface area contributed by atoms with E-state index in [1.165, 1.54) is 0 Å². The number of hydrogen-bond acceptors (Lipinski definition) is 4. The molecule has 0 aliphatic heterocycles. The number of nitrogens with one attached hydrogen (secondary N) is 1. The lowest BCUT2D eigenvalue weighted by atomic mass is 9.99. The first-order chi connectivity index (χ1) is 7.72. The van der Waals surface area contributed by atoms with Crippen molar-refractivity contribution in [3.8, 4) is 0 Å². The molecule has 1 aromatic rings. The van der Waals surface area contributed by atoms with Gasteiger partial charge in [-0.25, -0.2) is 9.97 Å². The number of aromatic nitrogens is 2. The molecule has 96 valence electrons. The van der Waals surface area contributed by atoms with E-state index in [4.69, 9.17) is 0 Å². The molecule has 1 heterocycles. The SMILES string of the molecule is CC(C)c1nc(Br)cc(NC(C)(C)C(C)O)n1. The summed E-state index contributed by atoms with van der Waals surface area (Å²) in [5.74, 6) is 1.77. The van der Waals surface area contributed by atoms with Gasteiger partial charge in [0.05, 0.1) is 11.6 Å². The van der Waals surface area contributed by atoms with Crippen LogP contribution in [-0.4, -0.2) is 26.7 Å². The lowest BCUT2D eigenvalue weighted by molar-refractivity contribution is 0.133. The van der Waals surface area contributed by atoms with Crippen LogP contribution in [0.2, 0.25) is 0 Å². The zero-order valence-corrected chi connectivity index (χ0v) is 12.5. The third-order valence-electron chi connectivity index (χ3n) is 2.72. The fraction of sp³-hybridized carbons (Fsp3) is 0.667. The molecule has 5 heteroatoms. The monoisotopic (exact) mass is 301 g/mol. The standard InChI is InChI=1S/C12H20BrN3O/c1-7(2)11-14-9(13)6-10(15-11)16-12(4,5)8(3)17/h6-8,17H,1-5H3,(H,14,15,16). The van der Waals surface area contributed by atoms with Crippen molar-refractivity contribution in [2.75, 3.05) is 5.32 Å². The van der Waals surface area contributed by atoms with Gasteiger partial charge < -0.3 is 10.4 Å². The summed E-state index contributed by atoms with van der Waals surface area (Å²) in [5, 5.41) is 12.9. The molecule has 1 unspecified atom stereocenters. The molecule has 0 fully saturated rings. The van der Waals surface area contributed by atoms with Crippen LogP contribution in [0.4, 0.5) is 5.82 Å². The molecular formula is C12H20BrN3O. The van der Waals surface area contributed by atoms with E-state index in [1.807, 2.05) is 33.8 Å². The molecule has 0 saturated heterocycles. The van der Waals surface area contributed by atoms with Gasteiger partial charge in [0.15, 0.2) is 0 Å².